The van der Waals surface area contributed by atoms with Gasteiger partial charge in [0.05, 0.1) is 16.6 Å². The summed E-state index contributed by atoms with van der Waals surface area (Å²) in [6, 6.07) is 13.5. The van der Waals surface area contributed by atoms with Crippen molar-refractivity contribution in [3.05, 3.63) is 65.2 Å². The average molecular weight is 537 g/mol. The molecule has 38 heavy (non-hydrogen) atoms. The zero-order chi connectivity index (χ0) is 27.7. The monoisotopic (exact) mass is 536 g/mol. The van der Waals surface area contributed by atoms with Crippen LogP contribution in [0, 0.1) is 19.3 Å². The minimum Gasteiger partial charge on any atom is -0.475 e. The second-order valence-corrected chi connectivity index (χ2v) is 12.7. The highest BCUT2D eigenvalue weighted by atomic mass is 32.2. The van der Waals surface area contributed by atoms with Gasteiger partial charge >= 0.3 is 0 Å². The zero-order valence-electron chi connectivity index (χ0n) is 22.9. The number of aryl methyl sites for hydroxylation is 2. The molecule has 0 aliphatic carbocycles. The van der Waals surface area contributed by atoms with Crippen LogP contribution in [0.5, 0.6) is 5.88 Å². The van der Waals surface area contributed by atoms with Crippen LogP contribution < -0.4 is 9.46 Å². The molecule has 2 heterocycles. The molecular formula is C29H36N4O4S. The van der Waals surface area contributed by atoms with E-state index in [1.165, 1.54) is 12.1 Å². The Morgan fingerprint density at radius 3 is 2.39 bits per heavy atom. The number of amides is 1. The van der Waals surface area contributed by atoms with Gasteiger partial charge in [-0.2, -0.15) is 4.98 Å². The summed E-state index contributed by atoms with van der Waals surface area (Å²) in [5.41, 5.74) is 3.67. The fourth-order valence-corrected chi connectivity index (χ4v) is 5.86. The lowest BCUT2D eigenvalue weighted by Gasteiger charge is -2.35. The van der Waals surface area contributed by atoms with Crippen molar-refractivity contribution in [2.24, 2.45) is 5.41 Å². The van der Waals surface area contributed by atoms with Crippen molar-refractivity contribution in [1.82, 2.24) is 14.9 Å². The molecule has 1 amide bonds. The Morgan fingerprint density at radius 2 is 1.74 bits per heavy atom. The van der Waals surface area contributed by atoms with Gasteiger partial charge in [-0.05, 0) is 61.4 Å². The molecule has 0 spiro atoms. The first kappa shape index (κ1) is 27.6. The lowest BCUT2D eigenvalue weighted by molar-refractivity contribution is 0.0537. The van der Waals surface area contributed by atoms with Gasteiger partial charge in [0.25, 0.3) is 15.9 Å². The van der Waals surface area contributed by atoms with Gasteiger partial charge < -0.3 is 9.64 Å². The standard InChI is InChI=1S/C29H36N4O4S/c1-7-14-33-22(17-29(4,5)6)18-37-25-16-24(26-19(2)10-8-11-20(26)3)30-28(31-25)32-38(35,36)23-13-9-12-21(15-23)27(33)34/h8-13,15-16,22H,7,14,17-18H2,1-6H3,(H,30,31,32)/t22-/m1/s1. The Hall–Kier alpha value is -3.46. The number of benzene rings is 2. The summed E-state index contributed by atoms with van der Waals surface area (Å²) in [6.45, 7) is 13.1. The third-order valence-electron chi connectivity index (χ3n) is 6.49. The SMILES string of the molecule is CCCN1C(=O)c2cccc(c2)S(=O)(=O)Nc2nc(cc(-c3c(C)cccc3C)n2)OC[C@H]1CC(C)(C)C. The number of nitrogens with one attached hydrogen (secondary N) is 1. The van der Waals surface area contributed by atoms with E-state index in [0.29, 0.717) is 24.2 Å². The van der Waals surface area contributed by atoms with E-state index in [0.717, 1.165) is 23.1 Å². The van der Waals surface area contributed by atoms with E-state index in [9.17, 15) is 13.2 Å². The number of sulfonamides is 1. The van der Waals surface area contributed by atoms with E-state index in [-0.39, 0.29) is 40.7 Å². The van der Waals surface area contributed by atoms with Crippen molar-refractivity contribution in [3.63, 3.8) is 0 Å². The third kappa shape index (κ3) is 6.15. The summed E-state index contributed by atoms with van der Waals surface area (Å²) >= 11 is 0. The van der Waals surface area contributed by atoms with Gasteiger partial charge in [-0.1, -0.05) is 52.0 Å². The second-order valence-electron chi connectivity index (χ2n) is 11.0. The Morgan fingerprint density at radius 1 is 1.05 bits per heavy atom. The van der Waals surface area contributed by atoms with Crippen molar-refractivity contribution in [1.29, 1.82) is 0 Å². The summed E-state index contributed by atoms with van der Waals surface area (Å²) in [7, 11) is -4.07. The first-order chi connectivity index (χ1) is 17.9. The fourth-order valence-electron chi connectivity index (χ4n) is 4.87. The molecule has 9 heteroatoms. The van der Waals surface area contributed by atoms with E-state index in [1.807, 2.05) is 39.0 Å². The molecule has 1 aliphatic rings. The molecule has 3 aromatic rings. The predicted octanol–water partition coefficient (Wildman–Crippen LogP) is 5.61. The van der Waals surface area contributed by atoms with Crippen LogP contribution in [0.1, 0.15) is 62.0 Å². The largest absolute Gasteiger partial charge is 0.475 e. The summed E-state index contributed by atoms with van der Waals surface area (Å²) in [5.74, 6) is -0.0759. The molecule has 4 rings (SSSR count). The number of carbonyl (C=O) groups is 1. The molecule has 0 fully saturated rings. The number of fused-ring (bicyclic) bond motifs is 4. The second kappa shape index (κ2) is 10.7. The number of hydrogen-bond acceptors (Lipinski definition) is 6. The van der Waals surface area contributed by atoms with Gasteiger partial charge in [-0.15, -0.1) is 0 Å². The number of hydrogen-bond donors (Lipinski definition) is 1. The van der Waals surface area contributed by atoms with Crippen molar-refractivity contribution >= 4 is 21.9 Å². The number of carbonyl (C=O) groups excluding carboxylic acids is 1. The minimum absolute atomic E-state index is 0.0324. The molecule has 8 nitrogen and oxygen atoms in total. The minimum atomic E-state index is -4.07. The summed E-state index contributed by atoms with van der Waals surface area (Å²) in [6.07, 6.45) is 1.44. The highest BCUT2D eigenvalue weighted by Crippen LogP contribution is 2.31. The molecule has 4 bridgehead atoms. The highest BCUT2D eigenvalue weighted by molar-refractivity contribution is 7.92. The smallest absolute Gasteiger partial charge is 0.264 e. The van der Waals surface area contributed by atoms with E-state index in [4.69, 9.17) is 4.74 Å². The molecule has 1 aromatic heterocycles. The number of ether oxygens (including phenoxy) is 1. The normalized spacial score (nSPS) is 17.5. The number of rotatable bonds is 4. The molecule has 1 atom stereocenters. The van der Waals surface area contributed by atoms with Crippen molar-refractivity contribution in [3.8, 4) is 17.1 Å². The average Bonchev–Trinajstić information content (AvgIpc) is 2.83. The van der Waals surface area contributed by atoms with Crippen LogP contribution in [0.3, 0.4) is 0 Å². The van der Waals surface area contributed by atoms with Gasteiger partial charge in [-0.3, -0.25) is 4.79 Å². The topological polar surface area (TPSA) is 101 Å². The van der Waals surface area contributed by atoms with Crippen molar-refractivity contribution < 1.29 is 17.9 Å². The summed E-state index contributed by atoms with van der Waals surface area (Å²) in [5, 5.41) is 0. The van der Waals surface area contributed by atoms with Gasteiger partial charge in [0.1, 0.15) is 6.61 Å². The van der Waals surface area contributed by atoms with Crippen LogP contribution in [0.2, 0.25) is 0 Å². The van der Waals surface area contributed by atoms with E-state index < -0.39 is 10.0 Å². The molecule has 202 valence electrons. The van der Waals surface area contributed by atoms with Gasteiger partial charge in [0.15, 0.2) is 0 Å². The molecule has 2 aromatic carbocycles. The van der Waals surface area contributed by atoms with Gasteiger partial charge in [0.2, 0.25) is 11.8 Å². The molecule has 0 radical (unpaired) electrons. The molecule has 0 unspecified atom stereocenters. The zero-order valence-corrected chi connectivity index (χ0v) is 23.7. The lowest BCUT2D eigenvalue weighted by atomic mass is 9.87. The highest BCUT2D eigenvalue weighted by Gasteiger charge is 2.30. The number of anilines is 1. The predicted molar refractivity (Wildman–Crippen MR) is 149 cm³/mol. The van der Waals surface area contributed by atoms with Crippen LogP contribution in [0.25, 0.3) is 11.3 Å². The number of aromatic nitrogens is 2. The Kier molecular flexibility index (Phi) is 7.78. The summed E-state index contributed by atoms with van der Waals surface area (Å²) < 4.78 is 35.5. The first-order valence-corrected chi connectivity index (χ1v) is 14.4. The van der Waals surface area contributed by atoms with Crippen LogP contribution in [0.15, 0.2) is 53.4 Å². The molecule has 1 aliphatic heterocycles. The van der Waals surface area contributed by atoms with E-state index in [1.54, 1.807) is 23.1 Å². The third-order valence-corrected chi connectivity index (χ3v) is 7.82. The Balaban J connectivity index is 1.91. The first-order valence-electron chi connectivity index (χ1n) is 12.9. The van der Waals surface area contributed by atoms with Crippen molar-refractivity contribution in [2.45, 2.75) is 65.3 Å². The maximum absolute atomic E-state index is 13.7. The van der Waals surface area contributed by atoms with Crippen LogP contribution in [-0.2, 0) is 10.0 Å². The van der Waals surface area contributed by atoms with E-state index in [2.05, 4.69) is 35.5 Å². The molecule has 0 saturated carbocycles. The molecule has 0 saturated heterocycles. The van der Waals surface area contributed by atoms with Crippen LogP contribution in [-0.4, -0.2) is 48.4 Å². The maximum atomic E-state index is 13.7. The fraction of sp³-hybridized carbons (Fsp3) is 0.414. The maximum Gasteiger partial charge on any atom is 0.264 e. The van der Waals surface area contributed by atoms with E-state index >= 15 is 0 Å². The molecule has 1 N–H and O–H groups in total. The van der Waals surface area contributed by atoms with Crippen molar-refractivity contribution in [2.75, 3.05) is 17.9 Å². The van der Waals surface area contributed by atoms with Gasteiger partial charge in [-0.25, -0.2) is 18.1 Å². The molecular weight excluding hydrogens is 500 g/mol. The summed E-state index contributed by atoms with van der Waals surface area (Å²) in [4.78, 5) is 24.5. The van der Waals surface area contributed by atoms with Crippen LogP contribution >= 0.6 is 0 Å². The van der Waals surface area contributed by atoms with Crippen LogP contribution in [0.4, 0.5) is 5.95 Å². The Bertz CT molecular complexity index is 1430. The number of nitrogens with zero attached hydrogens (tertiary/aromatic N) is 3. The lowest BCUT2D eigenvalue weighted by Crippen LogP contribution is -2.46. The quantitative estimate of drug-likeness (QED) is 0.465. The van der Waals surface area contributed by atoms with Gasteiger partial charge in [0, 0.05) is 23.7 Å². The Labute approximate surface area is 225 Å².